The van der Waals surface area contributed by atoms with Crippen molar-refractivity contribution in [1.29, 1.82) is 0 Å². The van der Waals surface area contributed by atoms with Gasteiger partial charge >= 0.3 is 5.97 Å². The van der Waals surface area contributed by atoms with Crippen molar-refractivity contribution in [2.24, 2.45) is 5.92 Å². The minimum absolute atomic E-state index is 0.0432. The quantitative estimate of drug-likeness (QED) is 0.597. The fourth-order valence-corrected chi connectivity index (χ4v) is 3.47. The maximum atomic E-state index is 13.1. The number of esters is 1. The van der Waals surface area contributed by atoms with E-state index in [1.165, 1.54) is 12.1 Å². The highest BCUT2D eigenvalue weighted by molar-refractivity contribution is 5.89. The van der Waals surface area contributed by atoms with E-state index in [1.807, 2.05) is 0 Å². The average molecular weight is 364 g/mol. The highest BCUT2D eigenvalue weighted by Crippen LogP contribution is 2.38. The van der Waals surface area contributed by atoms with Gasteiger partial charge in [0, 0.05) is 18.5 Å². The van der Waals surface area contributed by atoms with Crippen LogP contribution in [-0.4, -0.2) is 38.1 Å². The molecule has 1 saturated heterocycles. The van der Waals surface area contributed by atoms with Gasteiger partial charge in [-0.1, -0.05) is 0 Å². The Balaban J connectivity index is 1.66. The van der Waals surface area contributed by atoms with Crippen molar-refractivity contribution in [3.63, 3.8) is 0 Å². The van der Waals surface area contributed by atoms with E-state index < -0.39 is 5.79 Å². The van der Waals surface area contributed by atoms with Crippen LogP contribution in [0, 0.1) is 11.7 Å². The minimum atomic E-state index is -0.784. The van der Waals surface area contributed by atoms with Crippen LogP contribution in [0.25, 0.3) is 0 Å². The Bertz CT molecular complexity index is 686. The molecule has 142 valence electrons. The Labute approximate surface area is 152 Å². The fourth-order valence-electron chi connectivity index (χ4n) is 3.47. The topological polar surface area (TPSA) is 82.8 Å². The molecule has 7 heteroatoms. The molecule has 1 spiro atoms. The van der Waals surface area contributed by atoms with E-state index in [0.717, 1.165) is 12.8 Å². The summed E-state index contributed by atoms with van der Waals surface area (Å²) in [4.78, 5) is 12.4. The number of rotatable bonds is 6. The summed E-state index contributed by atoms with van der Waals surface area (Å²) in [5, 5.41) is 3.21. The van der Waals surface area contributed by atoms with Crippen LogP contribution < -0.4 is 11.1 Å². The first-order valence-electron chi connectivity index (χ1n) is 8.99. The summed E-state index contributed by atoms with van der Waals surface area (Å²) in [7, 11) is 0. The van der Waals surface area contributed by atoms with Crippen LogP contribution in [-0.2, 0) is 19.0 Å². The molecule has 6 nitrogen and oxygen atoms in total. The SMILES string of the molecule is CCOC(=O)C1=CC2(CCC1CCNc1ccc(F)cc1N)OCCO2. The molecule has 0 bridgehead atoms. The van der Waals surface area contributed by atoms with Gasteiger partial charge in [0.1, 0.15) is 5.82 Å². The summed E-state index contributed by atoms with van der Waals surface area (Å²) in [6.07, 6.45) is 3.99. The number of ether oxygens (including phenoxy) is 3. The number of nitrogens with two attached hydrogens (primary N) is 1. The van der Waals surface area contributed by atoms with Crippen molar-refractivity contribution in [2.45, 2.75) is 32.0 Å². The van der Waals surface area contributed by atoms with Crippen LogP contribution in [0.1, 0.15) is 26.2 Å². The molecule has 26 heavy (non-hydrogen) atoms. The van der Waals surface area contributed by atoms with Crippen molar-refractivity contribution in [1.82, 2.24) is 0 Å². The molecule has 2 aliphatic rings. The molecule has 1 heterocycles. The van der Waals surface area contributed by atoms with E-state index >= 15 is 0 Å². The molecule has 3 N–H and O–H groups in total. The normalized spacial score (nSPS) is 21.5. The van der Waals surface area contributed by atoms with Crippen molar-refractivity contribution in [3.05, 3.63) is 35.7 Å². The fraction of sp³-hybridized carbons (Fsp3) is 0.526. The van der Waals surface area contributed by atoms with Crippen LogP contribution in [0.4, 0.5) is 15.8 Å². The highest BCUT2D eigenvalue weighted by Gasteiger charge is 2.41. The lowest BCUT2D eigenvalue weighted by Crippen LogP contribution is -2.36. The number of halogens is 1. The zero-order chi connectivity index (χ0) is 18.6. The Hall–Kier alpha value is -2.12. The molecule has 1 aromatic rings. The lowest BCUT2D eigenvalue weighted by molar-refractivity contribution is -0.145. The molecule has 3 rings (SSSR count). The van der Waals surface area contributed by atoms with Gasteiger partial charge in [0.05, 0.1) is 31.2 Å². The second-order valence-corrected chi connectivity index (χ2v) is 6.51. The zero-order valence-electron chi connectivity index (χ0n) is 14.9. The summed E-state index contributed by atoms with van der Waals surface area (Å²) in [6.45, 7) is 3.77. The third kappa shape index (κ3) is 4.16. The third-order valence-corrected chi connectivity index (χ3v) is 4.77. The van der Waals surface area contributed by atoms with Gasteiger partial charge in [-0.25, -0.2) is 9.18 Å². The third-order valence-electron chi connectivity index (χ3n) is 4.77. The number of nitrogen functional groups attached to an aromatic ring is 1. The van der Waals surface area contributed by atoms with E-state index in [-0.39, 0.29) is 17.7 Å². The molecule has 0 saturated carbocycles. The predicted molar refractivity (Wildman–Crippen MR) is 96.0 cm³/mol. The van der Waals surface area contributed by atoms with E-state index in [4.69, 9.17) is 19.9 Å². The number of carbonyl (C=O) groups is 1. The first-order valence-corrected chi connectivity index (χ1v) is 8.99. The Morgan fingerprint density at radius 3 is 2.88 bits per heavy atom. The first kappa shape index (κ1) is 18.7. The average Bonchev–Trinajstić information content (AvgIpc) is 3.06. The molecule has 1 unspecified atom stereocenters. The summed E-state index contributed by atoms with van der Waals surface area (Å²) in [5.41, 5.74) is 7.46. The van der Waals surface area contributed by atoms with E-state index in [1.54, 1.807) is 19.1 Å². The number of carbonyl (C=O) groups excluding carboxylic acids is 1. The van der Waals surface area contributed by atoms with Crippen molar-refractivity contribution in [2.75, 3.05) is 37.4 Å². The maximum Gasteiger partial charge on any atom is 0.334 e. The summed E-state index contributed by atoms with van der Waals surface area (Å²) in [5.74, 6) is -1.43. The minimum Gasteiger partial charge on any atom is -0.463 e. The molecular weight excluding hydrogens is 339 g/mol. The van der Waals surface area contributed by atoms with Crippen LogP contribution >= 0.6 is 0 Å². The summed E-state index contributed by atoms with van der Waals surface area (Å²) >= 11 is 0. The number of anilines is 2. The van der Waals surface area contributed by atoms with Gasteiger partial charge in [-0.05, 0) is 50.0 Å². The molecule has 0 radical (unpaired) electrons. The van der Waals surface area contributed by atoms with E-state index in [9.17, 15) is 9.18 Å². The lowest BCUT2D eigenvalue weighted by Gasteiger charge is -2.33. The Morgan fingerprint density at radius 1 is 1.42 bits per heavy atom. The van der Waals surface area contributed by atoms with Crippen LogP contribution in [0.15, 0.2) is 29.8 Å². The van der Waals surface area contributed by atoms with Gasteiger partial charge in [0.2, 0.25) is 0 Å². The van der Waals surface area contributed by atoms with Gasteiger partial charge in [0.25, 0.3) is 0 Å². The molecule has 1 fully saturated rings. The second-order valence-electron chi connectivity index (χ2n) is 6.51. The number of nitrogens with one attached hydrogen (secondary N) is 1. The van der Waals surface area contributed by atoms with Gasteiger partial charge in [0.15, 0.2) is 5.79 Å². The second kappa shape index (κ2) is 8.05. The smallest absolute Gasteiger partial charge is 0.334 e. The van der Waals surface area contributed by atoms with Crippen LogP contribution in [0.3, 0.4) is 0 Å². The van der Waals surface area contributed by atoms with Crippen LogP contribution in [0.5, 0.6) is 0 Å². The number of benzene rings is 1. The molecule has 0 amide bonds. The summed E-state index contributed by atoms with van der Waals surface area (Å²) in [6, 6.07) is 4.26. The van der Waals surface area contributed by atoms with Gasteiger partial charge in [-0.3, -0.25) is 0 Å². The van der Waals surface area contributed by atoms with Crippen molar-refractivity contribution in [3.8, 4) is 0 Å². The largest absolute Gasteiger partial charge is 0.463 e. The Morgan fingerprint density at radius 2 is 2.19 bits per heavy atom. The number of hydrogen-bond acceptors (Lipinski definition) is 6. The molecule has 0 aromatic heterocycles. The molecule has 1 aliphatic carbocycles. The standard InChI is InChI=1S/C19H25FN2O4/c1-2-24-18(23)15-12-19(25-9-10-26-19)7-5-13(15)6-8-22-17-4-3-14(20)11-16(17)21/h3-4,11-13,22H,2,5-10,21H2,1H3. The monoisotopic (exact) mass is 364 g/mol. The Kier molecular flexibility index (Phi) is 5.78. The van der Waals surface area contributed by atoms with E-state index in [2.05, 4.69) is 5.32 Å². The van der Waals surface area contributed by atoms with Gasteiger partial charge < -0.3 is 25.3 Å². The van der Waals surface area contributed by atoms with Crippen LogP contribution in [0.2, 0.25) is 0 Å². The molecular formula is C19H25FN2O4. The maximum absolute atomic E-state index is 13.1. The van der Waals surface area contributed by atoms with E-state index in [0.29, 0.717) is 49.7 Å². The zero-order valence-corrected chi connectivity index (χ0v) is 14.9. The molecule has 1 aromatic carbocycles. The highest BCUT2D eigenvalue weighted by atomic mass is 19.1. The van der Waals surface area contributed by atoms with Crippen molar-refractivity contribution >= 4 is 17.3 Å². The molecule has 1 aliphatic heterocycles. The first-order chi connectivity index (χ1) is 12.5. The van der Waals surface area contributed by atoms with Gasteiger partial charge in [-0.15, -0.1) is 0 Å². The summed E-state index contributed by atoms with van der Waals surface area (Å²) < 4.78 is 29.8. The lowest BCUT2D eigenvalue weighted by atomic mass is 9.82. The predicted octanol–water partition coefficient (Wildman–Crippen LogP) is 2.85. The van der Waals surface area contributed by atoms with Crippen molar-refractivity contribution < 1.29 is 23.4 Å². The number of hydrogen-bond donors (Lipinski definition) is 2. The van der Waals surface area contributed by atoms with Gasteiger partial charge in [-0.2, -0.15) is 0 Å². The molecule has 1 atom stereocenters.